The predicted octanol–water partition coefficient (Wildman–Crippen LogP) is 3.58. The summed E-state index contributed by atoms with van der Waals surface area (Å²) in [6.45, 7) is 12.2. The van der Waals surface area contributed by atoms with Crippen molar-refractivity contribution in [2.45, 2.75) is 57.9 Å². The lowest BCUT2D eigenvalue weighted by atomic mass is 9.99. The molecule has 0 amide bonds. The van der Waals surface area contributed by atoms with Crippen LogP contribution in [0.15, 0.2) is 28.1 Å². The van der Waals surface area contributed by atoms with Gasteiger partial charge >= 0.3 is 0 Å². The third-order valence-electron chi connectivity index (χ3n) is 5.47. The number of piperidine rings is 1. The van der Waals surface area contributed by atoms with Gasteiger partial charge in [0.25, 0.3) is 0 Å². The third-order valence-corrected chi connectivity index (χ3v) is 6.73. The number of likely N-dealkylation sites (tertiary alicyclic amines) is 1. The summed E-state index contributed by atoms with van der Waals surface area (Å²) in [5.74, 6) is 1.70. The van der Waals surface area contributed by atoms with Crippen molar-refractivity contribution >= 4 is 39.8 Å². The van der Waals surface area contributed by atoms with E-state index < -0.39 is 9.84 Å². The van der Waals surface area contributed by atoms with Crippen LogP contribution in [0.5, 0.6) is 0 Å². The number of nitrogens with zero attached hydrogens (tertiary/aromatic N) is 2. The fourth-order valence-electron chi connectivity index (χ4n) is 3.69. The summed E-state index contributed by atoms with van der Waals surface area (Å²) in [5.41, 5.74) is 1.77. The molecule has 1 aliphatic rings. The van der Waals surface area contributed by atoms with Crippen LogP contribution in [0.1, 0.15) is 50.7 Å². The van der Waals surface area contributed by atoms with Gasteiger partial charge in [0.2, 0.25) is 0 Å². The second-order valence-electron chi connectivity index (χ2n) is 8.23. The molecule has 1 fully saturated rings. The largest absolute Gasteiger partial charge is 0.357 e. The Morgan fingerprint density at radius 2 is 1.90 bits per heavy atom. The molecule has 0 aliphatic carbocycles. The summed E-state index contributed by atoms with van der Waals surface area (Å²) >= 11 is 0. The van der Waals surface area contributed by atoms with Gasteiger partial charge in [0.15, 0.2) is 15.8 Å². The minimum absolute atomic E-state index is 0. The molecule has 1 heterocycles. The maximum Gasteiger partial charge on any atom is 0.191 e. The monoisotopic (exact) mass is 550 g/mol. The summed E-state index contributed by atoms with van der Waals surface area (Å²) in [6.07, 6.45) is 6.23. The Bertz CT molecular complexity index is 775. The molecule has 0 bridgehead atoms. The molecule has 6 nitrogen and oxygen atoms in total. The Hall–Kier alpha value is -0.870. The number of unbranched alkanes of at least 4 members (excludes halogenated alkanes) is 1. The van der Waals surface area contributed by atoms with Crippen molar-refractivity contribution in [3.8, 4) is 0 Å². The average Bonchev–Trinajstić information content (AvgIpc) is 2.66. The first-order valence-electron chi connectivity index (χ1n) is 10.8. The minimum atomic E-state index is -3.18. The maximum absolute atomic E-state index is 11.8. The lowest BCUT2D eigenvalue weighted by Gasteiger charge is -2.30. The van der Waals surface area contributed by atoms with Gasteiger partial charge in [-0.3, -0.25) is 0 Å². The standard InChI is InChI=1S/C22H38N4O2S.HI/c1-5-23-22(24-12-6-7-13-26-14-10-18(2)11-15-26)25-17-20-8-9-21(19(3)16-20)29(4,27)28;/h8-9,16,18H,5-7,10-15,17H2,1-4H3,(H2,23,24,25);1H. The normalized spacial score (nSPS) is 16.2. The molecule has 30 heavy (non-hydrogen) atoms. The van der Waals surface area contributed by atoms with Crippen LogP contribution in [0.4, 0.5) is 0 Å². The molecule has 0 unspecified atom stereocenters. The molecule has 2 rings (SSSR count). The van der Waals surface area contributed by atoms with Crippen molar-refractivity contribution < 1.29 is 8.42 Å². The summed E-state index contributed by atoms with van der Waals surface area (Å²) in [7, 11) is -3.18. The first-order valence-corrected chi connectivity index (χ1v) is 12.7. The van der Waals surface area contributed by atoms with Crippen LogP contribution in [-0.4, -0.2) is 58.3 Å². The number of aryl methyl sites for hydroxylation is 1. The van der Waals surface area contributed by atoms with Gasteiger partial charge in [0.05, 0.1) is 11.4 Å². The predicted molar refractivity (Wildman–Crippen MR) is 137 cm³/mol. The Balaban J connectivity index is 0.00000450. The number of guanidine groups is 1. The number of hydrogen-bond acceptors (Lipinski definition) is 4. The highest BCUT2D eigenvalue weighted by molar-refractivity contribution is 14.0. The molecule has 1 aromatic rings. The number of rotatable bonds is 9. The number of nitrogens with one attached hydrogen (secondary N) is 2. The molecule has 172 valence electrons. The quantitative estimate of drug-likeness (QED) is 0.213. The van der Waals surface area contributed by atoms with Gasteiger partial charge in [-0.15, -0.1) is 24.0 Å². The molecule has 0 aromatic heterocycles. The van der Waals surface area contributed by atoms with Crippen molar-refractivity contribution in [1.82, 2.24) is 15.5 Å². The molecule has 0 atom stereocenters. The van der Waals surface area contributed by atoms with Gasteiger partial charge < -0.3 is 15.5 Å². The molecular formula is C22H39IN4O2S. The van der Waals surface area contributed by atoms with Crippen LogP contribution >= 0.6 is 24.0 Å². The van der Waals surface area contributed by atoms with Gasteiger partial charge in [-0.2, -0.15) is 0 Å². The van der Waals surface area contributed by atoms with Crippen LogP contribution < -0.4 is 10.6 Å². The molecule has 0 saturated carbocycles. The fraction of sp³-hybridized carbons (Fsp3) is 0.682. The molecule has 8 heteroatoms. The second-order valence-corrected chi connectivity index (χ2v) is 10.2. The van der Waals surface area contributed by atoms with Crippen LogP contribution in [0.3, 0.4) is 0 Å². The van der Waals surface area contributed by atoms with E-state index in [0.29, 0.717) is 11.4 Å². The van der Waals surface area contributed by atoms with E-state index in [9.17, 15) is 8.42 Å². The Morgan fingerprint density at radius 3 is 2.50 bits per heavy atom. The summed E-state index contributed by atoms with van der Waals surface area (Å²) < 4.78 is 23.5. The highest BCUT2D eigenvalue weighted by atomic mass is 127. The van der Waals surface area contributed by atoms with Gasteiger partial charge in [-0.25, -0.2) is 13.4 Å². The highest BCUT2D eigenvalue weighted by Crippen LogP contribution is 2.17. The van der Waals surface area contributed by atoms with Crippen molar-refractivity contribution in [3.63, 3.8) is 0 Å². The van der Waals surface area contributed by atoms with E-state index in [1.165, 1.54) is 45.2 Å². The zero-order valence-corrected chi connectivity index (χ0v) is 22.1. The number of hydrogen-bond donors (Lipinski definition) is 2. The van der Waals surface area contributed by atoms with Crippen molar-refractivity contribution in [2.24, 2.45) is 10.9 Å². The zero-order chi connectivity index (χ0) is 21.3. The summed E-state index contributed by atoms with van der Waals surface area (Å²) in [4.78, 5) is 7.62. The van der Waals surface area contributed by atoms with Gasteiger partial charge in [-0.05, 0) is 82.3 Å². The van der Waals surface area contributed by atoms with Crippen LogP contribution in [-0.2, 0) is 16.4 Å². The van der Waals surface area contributed by atoms with Crippen LogP contribution in [0.25, 0.3) is 0 Å². The fourth-order valence-corrected chi connectivity index (χ4v) is 4.65. The lowest BCUT2D eigenvalue weighted by molar-refractivity contribution is 0.189. The van der Waals surface area contributed by atoms with E-state index in [-0.39, 0.29) is 24.0 Å². The van der Waals surface area contributed by atoms with Gasteiger partial charge in [0, 0.05) is 19.3 Å². The van der Waals surface area contributed by atoms with Crippen LogP contribution in [0.2, 0.25) is 0 Å². The second kappa shape index (κ2) is 13.5. The highest BCUT2D eigenvalue weighted by Gasteiger charge is 2.14. The molecule has 1 aliphatic heterocycles. The number of aliphatic imine (C=N–C) groups is 1. The van der Waals surface area contributed by atoms with E-state index in [0.717, 1.165) is 42.5 Å². The number of benzene rings is 1. The molecule has 1 aromatic carbocycles. The lowest BCUT2D eigenvalue weighted by Crippen LogP contribution is -2.38. The molecule has 1 saturated heterocycles. The van der Waals surface area contributed by atoms with Crippen molar-refractivity contribution in [3.05, 3.63) is 29.3 Å². The first kappa shape index (κ1) is 27.2. The smallest absolute Gasteiger partial charge is 0.191 e. The van der Waals surface area contributed by atoms with Crippen molar-refractivity contribution in [1.29, 1.82) is 0 Å². The van der Waals surface area contributed by atoms with Gasteiger partial charge in [-0.1, -0.05) is 19.1 Å². The van der Waals surface area contributed by atoms with E-state index in [2.05, 4.69) is 34.4 Å². The summed E-state index contributed by atoms with van der Waals surface area (Å²) in [5, 5.41) is 6.69. The Labute approximate surface area is 200 Å². The van der Waals surface area contributed by atoms with E-state index in [1.54, 1.807) is 6.07 Å². The maximum atomic E-state index is 11.8. The molecule has 2 N–H and O–H groups in total. The Kier molecular flexibility index (Phi) is 12.2. The van der Waals surface area contributed by atoms with E-state index in [1.807, 2.05) is 19.1 Å². The topological polar surface area (TPSA) is 73.8 Å². The van der Waals surface area contributed by atoms with Crippen molar-refractivity contribution in [2.75, 3.05) is 39.0 Å². The third kappa shape index (κ3) is 9.51. The minimum Gasteiger partial charge on any atom is -0.357 e. The number of halogens is 1. The zero-order valence-electron chi connectivity index (χ0n) is 18.9. The number of sulfone groups is 1. The molecular weight excluding hydrogens is 511 g/mol. The molecule has 0 spiro atoms. The van der Waals surface area contributed by atoms with Gasteiger partial charge in [0.1, 0.15) is 0 Å². The molecule has 0 radical (unpaired) electrons. The average molecular weight is 551 g/mol. The Morgan fingerprint density at radius 1 is 1.20 bits per heavy atom. The van der Waals surface area contributed by atoms with E-state index >= 15 is 0 Å². The SMILES string of the molecule is CCNC(=NCc1ccc(S(C)(=O)=O)c(C)c1)NCCCCN1CCC(C)CC1.I. The summed E-state index contributed by atoms with van der Waals surface area (Å²) in [6, 6.07) is 5.43. The van der Waals surface area contributed by atoms with Crippen LogP contribution in [0, 0.1) is 12.8 Å². The van der Waals surface area contributed by atoms with E-state index in [4.69, 9.17) is 0 Å². The first-order chi connectivity index (χ1) is 13.8.